The first-order valence-electron chi connectivity index (χ1n) is 10.9. The average Bonchev–Trinajstić information content (AvgIpc) is 2.77. The van der Waals surface area contributed by atoms with Crippen molar-refractivity contribution in [1.82, 2.24) is 4.90 Å². The largest absolute Gasteiger partial charge is 0.487 e. The van der Waals surface area contributed by atoms with Gasteiger partial charge in [0.1, 0.15) is 24.6 Å². The maximum absolute atomic E-state index is 10.8. The molecule has 0 amide bonds. The summed E-state index contributed by atoms with van der Waals surface area (Å²) in [6.07, 6.45) is 1.00. The zero-order valence-corrected chi connectivity index (χ0v) is 18.4. The van der Waals surface area contributed by atoms with Crippen molar-refractivity contribution in [3.63, 3.8) is 0 Å². The van der Waals surface area contributed by atoms with E-state index in [4.69, 9.17) is 25.8 Å². The van der Waals surface area contributed by atoms with Crippen molar-refractivity contribution in [1.29, 1.82) is 0 Å². The number of aliphatic hydroxyl groups excluding tert-OH is 2. The first-order chi connectivity index (χ1) is 14.9. The Balaban J connectivity index is 1.23. The van der Waals surface area contributed by atoms with Gasteiger partial charge in [-0.25, -0.2) is 0 Å². The first kappa shape index (κ1) is 20.9. The van der Waals surface area contributed by atoms with Crippen molar-refractivity contribution in [2.75, 3.05) is 32.8 Å². The summed E-state index contributed by atoms with van der Waals surface area (Å²) in [5, 5.41) is 22.2. The lowest BCUT2D eigenvalue weighted by molar-refractivity contribution is -0.0588. The molecule has 3 aliphatic heterocycles. The summed E-state index contributed by atoms with van der Waals surface area (Å²) < 4.78 is 17.6. The SMILES string of the molecule is Cc1cc2c(cc1Cl)[C@@H](O)CC1(CCN(C[C@@H](O)c3ccc4c(c3)OCCO4)CC1)O2. The van der Waals surface area contributed by atoms with E-state index in [1.54, 1.807) is 0 Å². The van der Waals surface area contributed by atoms with E-state index in [0.29, 0.717) is 37.0 Å². The quantitative estimate of drug-likeness (QED) is 0.748. The van der Waals surface area contributed by atoms with E-state index in [2.05, 4.69) is 4.90 Å². The standard InChI is InChI=1S/C24H28ClNO5/c1-15-10-22-17(12-18(15)25)19(27)13-24(31-22)4-6-26(7-5-24)14-20(28)16-2-3-21-23(11-16)30-9-8-29-21/h2-3,10-12,19-20,27-28H,4-9,13-14H2,1H3/t19-,20+/m0/s1. The fourth-order valence-electron chi connectivity index (χ4n) is 4.82. The van der Waals surface area contributed by atoms with Crippen molar-refractivity contribution in [2.24, 2.45) is 0 Å². The Kier molecular flexibility index (Phi) is 5.51. The van der Waals surface area contributed by atoms with Crippen molar-refractivity contribution in [2.45, 2.75) is 44.0 Å². The fourth-order valence-corrected chi connectivity index (χ4v) is 5.00. The number of hydrogen-bond acceptors (Lipinski definition) is 6. The number of likely N-dealkylation sites (tertiary alicyclic amines) is 1. The van der Waals surface area contributed by atoms with Gasteiger partial charge < -0.3 is 29.3 Å². The van der Waals surface area contributed by atoms with Gasteiger partial charge in [-0.05, 0) is 55.2 Å². The Labute approximate surface area is 187 Å². The maximum atomic E-state index is 10.8. The van der Waals surface area contributed by atoms with Crippen LogP contribution in [0.1, 0.15) is 48.2 Å². The van der Waals surface area contributed by atoms with Crippen LogP contribution in [0, 0.1) is 6.92 Å². The van der Waals surface area contributed by atoms with Crippen molar-refractivity contribution in [3.05, 3.63) is 52.0 Å². The van der Waals surface area contributed by atoms with Crippen LogP contribution in [0.25, 0.3) is 0 Å². The monoisotopic (exact) mass is 445 g/mol. The van der Waals surface area contributed by atoms with Crippen LogP contribution in [0.5, 0.6) is 17.2 Å². The van der Waals surface area contributed by atoms with Gasteiger partial charge in [-0.2, -0.15) is 0 Å². The van der Waals surface area contributed by atoms with Crippen molar-refractivity contribution in [3.8, 4) is 17.2 Å². The van der Waals surface area contributed by atoms with E-state index >= 15 is 0 Å². The second-order valence-electron chi connectivity index (χ2n) is 8.86. The molecule has 0 saturated carbocycles. The Morgan fingerprint density at radius 3 is 2.61 bits per heavy atom. The van der Waals surface area contributed by atoms with Gasteiger partial charge in [-0.1, -0.05) is 17.7 Å². The summed E-state index contributed by atoms with van der Waals surface area (Å²) in [6.45, 7) is 5.18. The highest BCUT2D eigenvalue weighted by molar-refractivity contribution is 6.31. The van der Waals surface area contributed by atoms with Crippen LogP contribution in [0.2, 0.25) is 5.02 Å². The summed E-state index contributed by atoms with van der Waals surface area (Å²) >= 11 is 6.23. The van der Waals surface area contributed by atoms with E-state index in [-0.39, 0.29) is 5.60 Å². The Morgan fingerprint density at radius 1 is 1.10 bits per heavy atom. The number of halogens is 1. The summed E-state index contributed by atoms with van der Waals surface area (Å²) in [5.41, 5.74) is 2.18. The molecule has 0 bridgehead atoms. The van der Waals surface area contributed by atoms with Crippen molar-refractivity contribution < 1.29 is 24.4 Å². The third kappa shape index (κ3) is 4.10. The molecule has 0 aromatic heterocycles. The number of nitrogens with zero attached hydrogens (tertiary/aromatic N) is 1. The molecule has 7 heteroatoms. The number of aliphatic hydroxyl groups is 2. The van der Waals surface area contributed by atoms with Crippen LogP contribution in [0.4, 0.5) is 0 Å². The fraction of sp³-hybridized carbons (Fsp3) is 0.500. The smallest absolute Gasteiger partial charge is 0.161 e. The number of rotatable bonds is 3. The molecule has 2 aromatic carbocycles. The lowest BCUT2D eigenvalue weighted by atomic mass is 9.81. The van der Waals surface area contributed by atoms with E-state index in [9.17, 15) is 10.2 Å². The molecule has 5 rings (SSSR count). The molecule has 1 saturated heterocycles. The topological polar surface area (TPSA) is 71.4 Å². The van der Waals surface area contributed by atoms with Gasteiger partial charge in [0.2, 0.25) is 0 Å². The molecule has 3 aliphatic rings. The predicted molar refractivity (Wildman–Crippen MR) is 117 cm³/mol. The third-order valence-electron chi connectivity index (χ3n) is 6.69. The van der Waals surface area contributed by atoms with Gasteiger partial charge in [0.05, 0.1) is 12.2 Å². The van der Waals surface area contributed by atoms with Crippen LogP contribution in [0.3, 0.4) is 0 Å². The van der Waals surface area contributed by atoms with Gasteiger partial charge in [0, 0.05) is 36.6 Å². The van der Waals surface area contributed by atoms with Gasteiger partial charge in [-0.15, -0.1) is 0 Å². The van der Waals surface area contributed by atoms with Gasteiger partial charge >= 0.3 is 0 Å². The van der Waals surface area contributed by atoms with Crippen LogP contribution in [-0.4, -0.2) is 53.6 Å². The molecule has 0 radical (unpaired) electrons. The molecule has 1 spiro atoms. The molecule has 166 valence electrons. The normalized spacial score (nSPS) is 23.2. The van der Waals surface area contributed by atoms with Crippen LogP contribution >= 0.6 is 11.6 Å². The molecular formula is C24H28ClNO5. The van der Waals surface area contributed by atoms with Crippen LogP contribution in [0.15, 0.2) is 30.3 Å². The minimum Gasteiger partial charge on any atom is -0.487 e. The predicted octanol–water partition coefficient (Wildman–Crippen LogP) is 3.80. The summed E-state index contributed by atoms with van der Waals surface area (Å²) in [6, 6.07) is 9.38. The summed E-state index contributed by atoms with van der Waals surface area (Å²) in [5.74, 6) is 2.16. The Morgan fingerprint density at radius 2 is 1.84 bits per heavy atom. The maximum Gasteiger partial charge on any atom is 0.161 e. The van der Waals surface area contributed by atoms with E-state index in [0.717, 1.165) is 54.1 Å². The van der Waals surface area contributed by atoms with E-state index in [1.807, 2.05) is 37.3 Å². The highest BCUT2D eigenvalue weighted by Gasteiger charge is 2.43. The minimum atomic E-state index is -0.603. The number of ether oxygens (including phenoxy) is 3. The number of piperidine rings is 1. The van der Waals surface area contributed by atoms with Gasteiger partial charge in [0.25, 0.3) is 0 Å². The molecule has 2 N–H and O–H groups in total. The number of aryl methyl sites for hydroxylation is 1. The lowest BCUT2D eigenvalue weighted by Crippen LogP contribution is -2.51. The van der Waals surface area contributed by atoms with Gasteiger partial charge in [0.15, 0.2) is 11.5 Å². The molecule has 2 atom stereocenters. The molecule has 0 unspecified atom stereocenters. The second kappa shape index (κ2) is 8.17. The number of fused-ring (bicyclic) bond motifs is 2. The Bertz CT molecular complexity index is 973. The highest BCUT2D eigenvalue weighted by atomic mass is 35.5. The molecular weight excluding hydrogens is 418 g/mol. The van der Waals surface area contributed by atoms with Crippen LogP contribution < -0.4 is 14.2 Å². The first-order valence-corrected chi connectivity index (χ1v) is 11.3. The van der Waals surface area contributed by atoms with Gasteiger partial charge in [-0.3, -0.25) is 0 Å². The number of benzene rings is 2. The molecule has 0 aliphatic carbocycles. The number of hydrogen-bond donors (Lipinski definition) is 2. The summed E-state index contributed by atoms with van der Waals surface area (Å²) in [7, 11) is 0. The minimum absolute atomic E-state index is 0.370. The summed E-state index contributed by atoms with van der Waals surface area (Å²) in [4.78, 5) is 2.26. The molecule has 6 nitrogen and oxygen atoms in total. The Hall–Kier alpha value is -1.99. The zero-order valence-electron chi connectivity index (χ0n) is 17.6. The highest BCUT2D eigenvalue weighted by Crippen LogP contribution is 2.46. The number of β-amino-alcohol motifs (C(OH)–C–C–N with tert-alkyl or cyclic N) is 1. The van der Waals surface area contributed by atoms with E-state index < -0.39 is 12.2 Å². The second-order valence-corrected chi connectivity index (χ2v) is 9.27. The average molecular weight is 446 g/mol. The third-order valence-corrected chi connectivity index (χ3v) is 7.10. The van der Waals surface area contributed by atoms with Crippen molar-refractivity contribution >= 4 is 11.6 Å². The zero-order chi connectivity index (χ0) is 21.6. The van der Waals surface area contributed by atoms with Crippen LogP contribution in [-0.2, 0) is 0 Å². The van der Waals surface area contributed by atoms with E-state index in [1.165, 1.54) is 0 Å². The lowest BCUT2D eigenvalue weighted by Gasteiger charge is -2.46. The molecule has 31 heavy (non-hydrogen) atoms. The molecule has 1 fully saturated rings. The molecule has 2 aromatic rings. The molecule has 3 heterocycles.